The molecule has 0 saturated carbocycles. The predicted octanol–water partition coefficient (Wildman–Crippen LogP) is 3.54. The zero-order valence-corrected chi connectivity index (χ0v) is 15.8. The Morgan fingerprint density at radius 3 is 2.93 bits per heavy atom. The summed E-state index contributed by atoms with van der Waals surface area (Å²) in [4.78, 5) is 4.75. The van der Waals surface area contributed by atoms with E-state index in [2.05, 4.69) is 57.3 Å². The first-order valence-corrected chi connectivity index (χ1v) is 9.83. The number of nitrogens with zero attached hydrogens (tertiary/aromatic N) is 2. The molecule has 4 nitrogen and oxygen atoms in total. The van der Waals surface area contributed by atoms with Gasteiger partial charge in [0.2, 0.25) is 0 Å². The lowest BCUT2D eigenvalue weighted by Crippen LogP contribution is -2.29. The van der Waals surface area contributed by atoms with Gasteiger partial charge in [-0.05, 0) is 23.8 Å². The molecule has 0 spiro atoms. The maximum atomic E-state index is 8.82. The first kappa shape index (κ1) is 17.7. The minimum Gasteiger partial charge on any atom is -0.384 e. The fraction of sp³-hybridized carbons (Fsp3) is 0.227. The molecule has 0 saturated heterocycles. The lowest BCUT2D eigenvalue weighted by molar-refractivity contribution is 0.247. The number of hydrogen-bond donors (Lipinski definition) is 2. The molecular formula is C22H21N3OS. The summed E-state index contributed by atoms with van der Waals surface area (Å²) in [6, 6.07) is 14.5. The molecule has 0 aliphatic carbocycles. The van der Waals surface area contributed by atoms with Gasteiger partial charge in [0.15, 0.2) is 0 Å². The van der Waals surface area contributed by atoms with Crippen molar-refractivity contribution in [3.8, 4) is 11.8 Å². The maximum Gasteiger partial charge on any atom is 0.104 e. The fourth-order valence-electron chi connectivity index (χ4n) is 3.26. The normalized spacial score (nSPS) is 14.1. The zero-order chi connectivity index (χ0) is 18.5. The van der Waals surface area contributed by atoms with Crippen LogP contribution in [0.5, 0.6) is 0 Å². The van der Waals surface area contributed by atoms with Gasteiger partial charge >= 0.3 is 0 Å². The van der Waals surface area contributed by atoms with E-state index in [0.29, 0.717) is 0 Å². The van der Waals surface area contributed by atoms with Crippen molar-refractivity contribution < 1.29 is 5.11 Å². The second-order valence-corrected chi connectivity index (χ2v) is 7.66. The highest BCUT2D eigenvalue weighted by molar-refractivity contribution is 7.12. The largest absolute Gasteiger partial charge is 0.384 e. The van der Waals surface area contributed by atoms with Crippen molar-refractivity contribution in [1.29, 1.82) is 0 Å². The molecule has 5 heteroatoms. The maximum absolute atomic E-state index is 8.82. The lowest BCUT2D eigenvalue weighted by atomic mass is 10.0. The van der Waals surface area contributed by atoms with Crippen molar-refractivity contribution in [2.45, 2.75) is 19.5 Å². The van der Waals surface area contributed by atoms with E-state index in [1.807, 2.05) is 24.3 Å². The Morgan fingerprint density at radius 2 is 2.07 bits per heavy atom. The van der Waals surface area contributed by atoms with Gasteiger partial charge in [0.25, 0.3) is 0 Å². The molecule has 0 radical (unpaired) electrons. The number of H-pyrrole nitrogens is 1. The third kappa shape index (κ3) is 4.37. The highest BCUT2D eigenvalue weighted by Gasteiger charge is 2.21. The number of aromatic amines is 1. The second kappa shape index (κ2) is 8.36. The Morgan fingerprint density at radius 1 is 1.19 bits per heavy atom. The summed E-state index contributed by atoms with van der Waals surface area (Å²) in [5, 5.41) is 16.5. The van der Waals surface area contributed by atoms with Crippen molar-refractivity contribution in [2.75, 3.05) is 13.2 Å². The Kier molecular flexibility index (Phi) is 5.50. The minimum atomic E-state index is -0.0953. The molecule has 0 fully saturated rings. The topological polar surface area (TPSA) is 52.1 Å². The number of aromatic nitrogens is 2. The highest BCUT2D eigenvalue weighted by Crippen LogP contribution is 2.25. The van der Waals surface area contributed by atoms with Crippen LogP contribution < -0.4 is 0 Å². The van der Waals surface area contributed by atoms with Crippen LogP contribution in [-0.2, 0) is 19.5 Å². The van der Waals surface area contributed by atoms with Gasteiger partial charge in [-0.3, -0.25) is 10.00 Å². The standard InChI is InChI=1S/C22H21N3OS/c26-14-4-7-18-9-10-19(27-18)15-25-13-12-22-20(16-25)21(23-24-22)11-8-17-5-2-1-3-6-17/h1-3,5-6,8-11,26H,12-16H2,(H,23,24)/b11-8+. The van der Waals surface area contributed by atoms with Crippen LogP contribution in [0.3, 0.4) is 0 Å². The molecule has 1 aromatic carbocycles. The van der Waals surface area contributed by atoms with Gasteiger partial charge in [-0.1, -0.05) is 48.2 Å². The number of nitrogens with one attached hydrogen (secondary N) is 1. The number of fused-ring (bicyclic) bond motifs is 1. The molecule has 4 rings (SSSR count). The molecule has 2 N–H and O–H groups in total. The van der Waals surface area contributed by atoms with Gasteiger partial charge < -0.3 is 5.11 Å². The molecule has 2 aromatic heterocycles. The molecule has 1 aliphatic heterocycles. The van der Waals surface area contributed by atoms with Gasteiger partial charge in [-0.15, -0.1) is 11.3 Å². The molecule has 3 heterocycles. The quantitative estimate of drug-likeness (QED) is 0.686. The molecule has 0 atom stereocenters. The van der Waals surface area contributed by atoms with E-state index >= 15 is 0 Å². The summed E-state index contributed by atoms with van der Waals surface area (Å²) in [5.41, 5.74) is 4.75. The first-order valence-electron chi connectivity index (χ1n) is 9.02. The number of aliphatic hydroxyl groups is 1. The average molecular weight is 375 g/mol. The van der Waals surface area contributed by atoms with E-state index in [0.717, 1.165) is 36.6 Å². The van der Waals surface area contributed by atoms with E-state index in [4.69, 9.17) is 5.11 Å². The lowest BCUT2D eigenvalue weighted by Gasteiger charge is -2.26. The van der Waals surface area contributed by atoms with Crippen molar-refractivity contribution in [1.82, 2.24) is 15.1 Å². The number of benzene rings is 1. The molecule has 3 aromatic rings. The Balaban J connectivity index is 1.45. The average Bonchev–Trinajstić information content (AvgIpc) is 3.32. The molecule has 0 unspecified atom stereocenters. The summed E-state index contributed by atoms with van der Waals surface area (Å²) in [7, 11) is 0. The molecule has 27 heavy (non-hydrogen) atoms. The third-order valence-corrected chi connectivity index (χ3v) is 5.59. The van der Waals surface area contributed by atoms with Gasteiger partial charge in [0.1, 0.15) is 6.61 Å². The van der Waals surface area contributed by atoms with Crippen LogP contribution in [0, 0.1) is 11.8 Å². The Labute approximate surface area is 163 Å². The summed E-state index contributed by atoms with van der Waals surface area (Å²) in [5.74, 6) is 5.69. The van der Waals surface area contributed by atoms with Crippen LogP contribution in [0.15, 0.2) is 42.5 Å². The number of aliphatic hydroxyl groups excluding tert-OH is 1. The van der Waals surface area contributed by atoms with E-state index in [1.54, 1.807) is 11.3 Å². The smallest absolute Gasteiger partial charge is 0.104 e. The van der Waals surface area contributed by atoms with Crippen molar-refractivity contribution in [3.05, 3.63) is 74.7 Å². The van der Waals surface area contributed by atoms with Crippen LogP contribution in [-0.4, -0.2) is 33.4 Å². The molecule has 0 amide bonds. The third-order valence-electron chi connectivity index (χ3n) is 4.61. The van der Waals surface area contributed by atoms with Crippen LogP contribution in [0.25, 0.3) is 12.2 Å². The Bertz CT molecular complexity index is 991. The van der Waals surface area contributed by atoms with Crippen LogP contribution >= 0.6 is 11.3 Å². The van der Waals surface area contributed by atoms with Crippen molar-refractivity contribution in [3.63, 3.8) is 0 Å². The van der Waals surface area contributed by atoms with E-state index in [1.165, 1.54) is 21.7 Å². The number of rotatable bonds is 4. The number of thiophene rings is 1. The first-order chi connectivity index (χ1) is 13.3. The Hall–Kier alpha value is -2.65. The summed E-state index contributed by atoms with van der Waals surface area (Å²) < 4.78 is 0. The van der Waals surface area contributed by atoms with E-state index < -0.39 is 0 Å². The minimum absolute atomic E-state index is 0.0953. The molecule has 1 aliphatic rings. The fourth-order valence-corrected chi connectivity index (χ4v) is 4.19. The van der Waals surface area contributed by atoms with Crippen LogP contribution in [0.4, 0.5) is 0 Å². The molecule has 0 bridgehead atoms. The predicted molar refractivity (Wildman–Crippen MR) is 110 cm³/mol. The molecule has 136 valence electrons. The molecular weight excluding hydrogens is 354 g/mol. The van der Waals surface area contributed by atoms with Gasteiger partial charge in [-0.2, -0.15) is 5.10 Å². The van der Waals surface area contributed by atoms with Gasteiger partial charge in [0, 0.05) is 42.2 Å². The summed E-state index contributed by atoms with van der Waals surface area (Å²) in [6.45, 7) is 2.74. The van der Waals surface area contributed by atoms with E-state index in [-0.39, 0.29) is 6.61 Å². The van der Waals surface area contributed by atoms with E-state index in [9.17, 15) is 0 Å². The monoisotopic (exact) mass is 375 g/mol. The SMILES string of the molecule is OCC#Cc1ccc(CN2CCc3[nH]nc(/C=C/c4ccccc4)c3C2)s1. The van der Waals surface area contributed by atoms with Crippen molar-refractivity contribution in [2.24, 2.45) is 0 Å². The summed E-state index contributed by atoms with van der Waals surface area (Å²) >= 11 is 1.70. The second-order valence-electron chi connectivity index (χ2n) is 6.50. The van der Waals surface area contributed by atoms with Crippen LogP contribution in [0.1, 0.15) is 32.3 Å². The van der Waals surface area contributed by atoms with Gasteiger partial charge in [-0.25, -0.2) is 0 Å². The van der Waals surface area contributed by atoms with Gasteiger partial charge in [0.05, 0.1) is 10.6 Å². The van der Waals surface area contributed by atoms with Crippen molar-refractivity contribution >= 4 is 23.5 Å². The highest BCUT2D eigenvalue weighted by atomic mass is 32.1. The van der Waals surface area contributed by atoms with Crippen LogP contribution in [0.2, 0.25) is 0 Å². The summed E-state index contributed by atoms with van der Waals surface area (Å²) in [6.07, 6.45) is 5.20. The number of hydrogen-bond acceptors (Lipinski definition) is 4. The zero-order valence-electron chi connectivity index (χ0n) is 15.0.